The Bertz CT molecular complexity index is 523. The average Bonchev–Trinajstić information content (AvgIpc) is 2.39. The lowest BCUT2D eigenvalue weighted by atomic mass is 10.0. The summed E-state index contributed by atoms with van der Waals surface area (Å²) in [6.07, 6.45) is 1.67. The monoisotopic (exact) mass is 229 g/mol. The van der Waals surface area contributed by atoms with Gasteiger partial charge in [-0.1, -0.05) is 17.7 Å². The standard InChI is InChI=1S/C14H15NO2/c1-10-2-3-12(9-17)13(6-10)14-7-11(8-16)4-5-15-14/h2-7,16-17H,8-9H2,1H3. The fourth-order valence-corrected chi connectivity index (χ4v) is 1.79. The normalized spacial score (nSPS) is 10.5. The molecule has 1 heterocycles. The summed E-state index contributed by atoms with van der Waals surface area (Å²) >= 11 is 0. The molecule has 17 heavy (non-hydrogen) atoms. The van der Waals surface area contributed by atoms with Gasteiger partial charge in [-0.05, 0) is 36.2 Å². The van der Waals surface area contributed by atoms with Crippen molar-refractivity contribution >= 4 is 0 Å². The minimum Gasteiger partial charge on any atom is -0.392 e. The summed E-state index contributed by atoms with van der Waals surface area (Å²) in [5.74, 6) is 0. The van der Waals surface area contributed by atoms with E-state index in [1.54, 1.807) is 12.3 Å². The highest BCUT2D eigenvalue weighted by atomic mass is 16.3. The second-order valence-corrected chi connectivity index (χ2v) is 4.03. The fraction of sp³-hybridized carbons (Fsp3) is 0.214. The van der Waals surface area contributed by atoms with Crippen LogP contribution < -0.4 is 0 Å². The van der Waals surface area contributed by atoms with Crippen LogP contribution in [0, 0.1) is 6.92 Å². The molecule has 0 atom stereocenters. The molecule has 0 aliphatic heterocycles. The highest BCUT2D eigenvalue weighted by molar-refractivity contribution is 5.65. The third kappa shape index (κ3) is 2.52. The molecule has 0 aliphatic carbocycles. The summed E-state index contributed by atoms with van der Waals surface area (Å²) in [4.78, 5) is 4.29. The van der Waals surface area contributed by atoms with Gasteiger partial charge in [-0.2, -0.15) is 0 Å². The minimum absolute atomic E-state index is 0.00417. The van der Waals surface area contributed by atoms with Crippen LogP contribution in [0.2, 0.25) is 0 Å². The van der Waals surface area contributed by atoms with E-state index >= 15 is 0 Å². The van der Waals surface area contributed by atoms with Crippen molar-refractivity contribution in [2.75, 3.05) is 0 Å². The fourth-order valence-electron chi connectivity index (χ4n) is 1.79. The van der Waals surface area contributed by atoms with Crippen LogP contribution in [0.15, 0.2) is 36.5 Å². The Labute approximate surface area is 100 Å². The van der Waals surface area contributed by atoms with Crippen molar-refractivity contribution in [1.82, 2.24) is 4.98 Å². The van der Waals surface area contributed by atoms with Crippen molar-refractivity contribution in [3.63, 3.8) is 0 Å². The van der Waals surface area contributed by atoms with E-state index in [-0.39, 0.29) is 13.2 Å². The van der Waals surface area contributed by atoms with Crippen molar-refractivity contribution in [2.24, 2.45) is 0 Å². The molecular formula is C14H15NO2. The van der Waals surface area contributed by atoms with Gasteiger partial charge < -0.3 is 10.2 Å². The molecule has 0 fully saturated rings. The number of nitrogens with zero attached hydrogens (tertiary/aromatic N) is 1. The smallest absolute Gasteiger partial charge is 0.0709 e. The van der Waals surface area contributed by atoms with E-state index in [0.717, 1.165) is 27.9 Å². The molecule has 88 valence electrons. The van der Waals surface area contributed by atoms with Crippen molar-refractivity contribution in [2.45, 2.75) is 20.1 Å². The van der Waals surface area contributed by atoms with Crippen molar-refractivity contribution in [1.29, 1.82) is 0 Å². The zero-order valence-corrected chi connectivity index (χ0v) is 9.72. The molecule has 1 aromatic heterocycles. The Morgan fingerprint density at radius 2 is 1.88 bits per heavy atom. The number of aliphatic hydroxyl groups is 2. The Hall–Kier alpha value is -1.71. The van der Waals surface area contributed by atoms with E-state index in [0.29, 0.717) is 0 Å². The molecule has 0 unspecified atom stereocenters. The Morgan fingerprint density at radius 3 is 2.59 bits per heavy atom. The molecule has 3 heteroatoms. The summed E-state index contributed by atoms with van der Waals surface area (Å²) in [7, 11) is 0. The number of benzene rings is 1. The van der Waals surface area contributed by atoms with E-state index in [2.05, 4.69) is 4.98 Å². The number of aliphatic hydroxyl groups excluding tert-OH is 2. The van der Waals surface area contributed by atoms with Crippen LogP contribution in [0.1, 0.15) is 16.7 Å². The minimum atomic E-state index is -0.0132. The highest BCUT2D eigenvalue weighted by Crippen LogP contribution is 2.24. The van der Waals surface area contributed by atoms with Gasteiger partial charge in [-0.3, -0.25) is 4.98 Å². The van der Waals surface area contributed by atoms with Gasteiger partial charge in [0.25, 0.3) is 0 Å². The van der Waals surface area contributed by atoms with Gasteiger partial charge in [0.1, 0.15) is 0 Å². The summed E-state index contributed by atoms with van der Waals surface area (Å²) in [5, 5.41) is 18.4. The third-order valence-electron chi connectivity index (χ3n) is 2.72. The van der Waals surface area contributed by atoms with Gasteiger partial charge in [0.05, 0.1) is 18.9 Å². The molecule has 3 nitrogen and oxygen atoms in total. The largest absolute Gasteiger partial charge is 0.392 e. The van der Waals surface area contributed by atoms with E-state index in [9.17, 15) is 5.11 Å². The number of aryl methyl sites for hydroxylation is 1. The maximum Gasteiger partial charge on any atom is 0.0709 e. The van der Waals surface area contributed by atoms with Gasteiger partial charge in [0.15, 0.2) is 0 Å². The lowest BCUT2D eigenvalue weighted by Gasteiger charge is -2.09. The Morgan fingerprint density at radius 1 is 1.06 bits per heavy atom. The maximum absolute atomic E-state index is 9.32. The second-order valence-electron chi connectivity index (χ2n) is 4.03. The van der Waals surface area contributed by atoms with Crippen molar-refractivity contribution < 1.29 is 10.2 Å². The first-order valence-electron chi connectivity index (χ1n) is 5.51. The predicted molar refractivity (Wildman–Crippen MR) is 66.3 cm³/mol. The van der Waals surface area contributed by atoms with E-state index in [1.807, 2.05) is 31.2 Å². The first-order chi connectivity index (χ1) is 8.24. The summed E-state index contributed by atoms with van der Waals surface area (Å²) < 4.78 is 0. The molecule has 2 rings (SSSR count). The van der Waals surface area contributed by atoms with Gasteiger partial charge in [0.2, 0.25) is 0 Å². The van der Waals surface area contributed by atoms with Gasteiger partial charge in [0, 0.05) is 11.8 Å². The van der Waals surface area contributed by atoms with E-state index in [4.69, 9.17) is 5.11 Å². The lowest BCUT2D eigenvalue weighted by molar-refractivity contribution is 0.281. The molecule has 0 bridgehead atoms. The number of hydrogen-bond acceptors (Lipinski definition) is 3. The van der Waals surface area contributed by atoms with Crippen LogP contribution in [0.3, 0.4) is 0 Å². The van der Waals surface area contributed by atoms with Crippen LogP contribution in [0.4, 0.5) is 0 Å². The van der Waals surface area contributed by atoms with Crippen LogP contribution in [0.25, 0.3) is 11.3 Å². The first-order valence-corrected chi connectivity index (χ1v) is 5.51. The molecule has 2 N–H and O–H groups in total. The lowest BCUT2D eigenvalue weighted by Crippen LogP contribution is -1.94. The molecule has 0 amide bonds. The quantitative estimate of drug-likeness (QED) is 0.846. The molecule has 2 aromatic rings. The van der Waals surface area contributed by atoms with Gasteiger partial charge >= 0.3 is 0 Å². The molecular weight excluding hydrogens is 214 g/mol. The number of rotatable bonds is 3. The summed E-state index contributed by atoms with van der Waals surface area (Å²) in [5.41, 5.74) is 4.49. The van der Waals surface area contributed by atoms with Gasteiger partial charge in [-0.15, -0.1) is 0 Å². The molecule has 0 saturated carbocycles. The molecule has 1 aromatic carbocycles. The second kappa shape index (κ2) is 5.08. The van der Waals surface area contributed by atoms with Crippen molar-refractivity contribution in [3.05, 3.63) is 53.2 Å². The molecule has 0 saturated heterocycles. The van der Waals surface area contributed by atoms with Crippen LogP contribution >= 0.6 is 0 Å². The molecule has 0 spiro atoms. The molecule has 0 radical (unpaired) electrons. The average molecular weight is 229 g/mol. The van der Waals surface area contributed by atoms with Crippen LogP contribution in [-0.4, -0.2) is 15.2 Å². The zero-order valence-electron chi connectivity index (χ0n) is 9.72. The highest BCUT2D eigenvalue weighted by Gasteiger charge is 2.06. The SMILES string of the molecule is Cc1ccc(CO)c(-c2cc(CO)ccn2)c1. The predicted octanol–water partition coefficient (Wildman–Crippen LogP) is 2.04. The van der Waals surface area contributed by atoms with Crippen LogP contribution in [0.5, 0.6) is 0 Å². The van der Waals surface area contributed by atoms with Crippen LogP contribution in [-0.2, 0) is 13.2 Å². The summed E-state index contributed by atoms with van der Waals surface area (Å²) in [6, 6.07) is 9.48. The third-order valence-corrected chi connectivity index (χ3v) is 2.72. The Balaban J connectivity index is 2.54. The first kappa shape index (κ1) is 11.8. The molecule has 0 aliphatic rings. The van der Waals surface area contributed by atoms with E-state index in [1.165, 1.54) is 0 Å². The van der Waals surface area contributed by atoms with Crippen molar-refractivity contribution in [3.8, 4) is 11.3 Å². The number of hydrogen-bond donors (Lipinski definition) is 2. The Kier molecular flexibility index (Phi) is 3.52. The maximum atomic E-state index is 9.32. The van der Waals surface area contributed by atoms with E-state index < -0.39 is 0 Å². The number of aromatic nitrogens is 1. The zero-order chi connectivity index (χ0) is 12.3. The summed E-state index contributed by atoms with van der Waals surface area (Å²) in [6.45, 7) is 1.98. The number of pyridine rings is 1. The topological polar surface area (TPSA) is 53.4 Å². The van der Waals surface area contributed by atoms with Gasteiger partial charge in [-0.25, -0.2) is 0 Å².